The van der Waals surface area contributed by atoms with Gasteiger partial charge in [0, 0.05) is 0 Å². The van der Waals surface area contributed by atoms with Crippen LogP contribution >= 0.6 is 0 Å². The van der Waals surface area contributed by atoms with Crippen molar-refractivity contribution in [2.75, 3.05) is 7.11 Å². The summed E-state index contributed by atoms with van der Waals surface area (Å²) in [7, 11) is 1.54. The van der Waals surface area contributed by atoms with Crippen LogP contribution in [0.1, 0.15) is 11.4 Å². The lowest BCUT2D eigenvalue weighted by Crippen LogP contribution is -1.99. The lowest BCUT2D eigenvalue weighted by Gasteiger charge is -2.03. The smallest absolute Gasteiger partial charge is 0.177 e. The van der Waals surface area contributed by atoms with Crippen molar-refractivity contribution < 1.29 is 4.74 Å². The zero-order valence-corrected chi connectivity index (χ0v) is 8.95. The van der Waals surface area contributed by atoms with Crippen LogP contribution in [0, 0.1) is 22.7 Å². The van der Waals surface area contributed by atoms with Crippen LogP contribution in [-0.2, 0) is 0 Å². The molecule has 0 atom stereocenters. The molecule has 0 aliphatic carbocycles. The van der Waals surface area contributed by atoms with Gasteiger partial charge in [-0.1, -0.05) is 0 Å². The summed E-state index contributed by atoms with van der Waals surface area (Å²) in [5.41, 5.74) is 0.260. The number of hydrogen-bond donors (Lipinski definition) is 0. The zero-order valence-electron chi connectivity index (χ0n) is 8.95. The quantitative estimate of drug-likeness (QED) is 0.761. The molecule has 2 heterocycles. The summed E-state index contributed by atoms with van der Waals surface area (Å²) in [5, 5.41) is 17.7. The molecule has 82 valence electrons. The Bertz CT molecular complexity index is 615. The Balaban J connectivity index is 2.50. The number of methoxy groups -OCH3 is 1. The van der Waals surface area contributed by atoms with Crippen LogP contribution in [0.4, 0.5) is 0 Å². The number of pyridine rings is 1. The Morgan fingerprint density at radius 2 is 2.06 bits per heavy atom. The third-order valence-corrected chi connectivity index (χ3v) is 2.18. The van der Waals surface area contributed by atoms with Gasteiger partial charge >= 0.3 is 0 Å². The van der Waals surface area contributed by atoms with E-state index in [4.69, 9.17) is 15.3 Å². The summed E-state index contributed by atoms with van der Waals surface area (Å²) in [4.78, 5) is 7.95. The fourth-order valence-corrected chi connectivity index (χ4v) is 1.35. The Hall–Kier alpha value is -2.86. The summed E-state index contributed by atoms with van der Waals surface area (Å²) in [6.45, 7) is 0. The van der Waals surface area contributed by atoms with Crippen molar-refractivity contribution in [3.63, 3.8) is 0 Å². The van der Waals surface area contributed by atoms with E-state index in [0.29, 0.717) is 11.6 Å². The standard InChI is InChI=1S/C11H7N5O/c1-17-8-2-3-11(14-6-8)16-7-15-9(4-12)10(16)5-13/h2-3,6-7H,1H3. The van der Waals surface area contributed by atoms with Crippen molar-refractivity contribution in [2.24, 2.45) is 0 Å². The largest absolute Gasteiger partial charge is 0.495 e. The lowest BCUT2D eigenvalue weighted by molar-refractivity contribution is 0.413. The Morgan fingerprint density at radius 3 is 2.59 bits per heavy atom. The minimum Gasteiger partial charge on any atom is -0.495 e. The van der Waals surface area contributed by atoms with Gasteiger partial charge in [-0.15, -0.1) is 0 Å². The van der Waals surface area contributed by atoms with Crippen molar-refractivity contribution in [2.45, 2.75) is 0 Å². The molecule has 17 heavy (non-hydrogen) atoms. The molecule has 0 radical (unpaired) electrons. The van der Waals surface area contributed by atoms with Crippen LogP contribution in [0.3, 0.4) is 0 Å². The second-order valence-corrected chi connectivity index (χ2v) is 3.09. The maximum atomic E-state index is 8.97. The van der Waals surface area contributed by atoms with Gasteiger partial charge in [-0.2, -0.15) is 10.5 Å². The van der Waals surface area contributed by atoms with Gasteiger partial charge in [0.15, 0.2) is 11.4 Å². The summed E-state index contributed by atoms with van der Waals surface area (Å²) in [6, 6.07) is 7.18. The van der Waals surface area contributed by atoms with Gasteiger partial charge in [0.1, 0.15) is 30.0 Å². The first-order chi connectivity index (χ1) is 8.30. The molecule has 0 N–H and O–H groups in total. The van der Waals surface area contributed by atoms with Crippen LogP contribution in [-0.4, -0.2) is 21.6 Å². The molecule has 6 nitrogen and oxygen atoms in total. The van der Waals surface area contributed by atoms with Gasteiger partial charge in [0.05, 0.1) is 13.3 Å². The highest BCUT2D eigenvalue weighted by Gasteiger charge is 2.11. The Labute approximate surface area is 97.3 Å². The average Bonchev–Trinajstić information content (AvgIpc) is 2.81. The first-order valence-corrected chi connectivity index (χ1v) is 4.68. The second kappa shape index (κ2) is 4.33. The predicted octanol–water partition coefficient (Wildman–Crippen LogP) is 1.02. The summed E-state index contributed by atoms with van der Waals surface area (Å²) >= 11 is 0. The molecule has 0 fully saturated rings. The lowest BCUT2D eigenvalue weighted by atomic mass is 10.3. The molecular formula is C11H7N5O. The van der Waals surface area contributed by atoms with Crippen molar-refractivity contribution >= 4 is 0 Å². The maximum absolute atomic E-state index is 8.97. The Morgan fingerprint density at radius 1 is 1.24 bits per heavy atom. The molecule has 0 saturated heterocycles. The molecule has 2 aromatic rings. The Kier molecular flexibility index (Phi) is 2.71. The van der Waals surface area contributed by atoms with Crippen LogP contribution in [0.25, 0.3) is 5.82 Å². The highest BCUT2D eigenvalue weighted by Crippen LogP contribution is 2.14. The van der Waals surface area contributed by atoms with E-state index in [1.54, 1.807) is 19.2 Å². The van der Waals surface area contributed by atoms with Gasteiger partial charge in [0.25, 0.3) is 0 Å². The third kappa shape index (κ3) is 1.80. The fourth-order valence-electron chi connectivity index (χ4n) is 1.35. The molecule has 2 aromatic heterocycles. The summed E-state index contributed by atoms with van der Waals surface area (Å²) < 4.78 is 6.44. The number of imidazole rings is 1. The molecule has 0 unspecified atom stereocenters. The van der Waals surface area contributed by atoms with Crippen molar-refractivity contribution in [1.82, 2.24) is 14.5 Å². The number of ether oxygens (including phenoxy) is 1. The monoisotopic (exact) mass is 225 g/mol. The highest BCUT2D eigenvalue weighted by molar-refractivity contribution is 5.42. The van der Waals surface area contributed by atoms with E-state index in [1.807, 2.05) is 12.1 Å². The van der Waals surface area contributed by atoms with E-state index in [2.05, 4.69) is 9.97 Å². The average molecular weight is 225 g/mol. The van der Waals surface area contributed by atoms with Crippen molar-refractivity contribution in [1.29, 1.82) is 10.5 Å². The second-order valence-electron chi connectivity index (χ2n) is 3.09. The predicted molar refractivity (Wildman–Crippen MR) is 57.3 cm³/mol. The topological polar surface area (TPSA) is 87.5 Å². The fraction of sp³-hybridized carbons (Fsp3) is 0.0909. The number of rotatable bonds is 2. The van der Waals surface area contributed by atoms with E-state index in [9.17, 15) is 0 Å². The first kappa shape index (κ1) is 10.7. The minimum atomic E-state index is 0.0881. The highest BCUT2D eigenvalue weighted by atomic mass is 16.5. The van der Waals surface area contributed by atoms with Gasteiger partial charge in [-0.3, -0.25) is 4.57 Å². The van der Waals surface area contributed by atoms with E-state index in [0.717, 1.165) is 0 Å². The zero-order chi connectivity index (χ0) is 12.3. The van der Waals surface area contributed by atoms with Gasteiger partial charge in [-0.05, 0) is 12.1 Å². The maximum Gasteiger partial charge on any atom is 0.177 e. The van der Waals surface area contributed by atoms with Gasteiger partial charge < -0.3 is 4.74 Å². The van der Waals surface area contributed by atoms with Crippen molar-refractivity contribution in [3.05, 3.63) is 36.0 Å². The molecule has 0 aliphatic heterocycles. The van der Waals surface area contributed by atoms with Gasteiger partial charge in [-0.25, -0.2) is 9.97 Å². The number of nitriles is 2. The number of nitrogens with zero attached hydrogens (tertiary/aromatic N) is 5. The molecule has 0 spiro atoms. The van der Waals surface area contributed by atoms with Crippen LogP contribution in [0.2, 0.25) is 0 Å². The summed E-state index contributed by atoms with van der Waals surface area (Å²) in [6.07, 6.45) is 2.93. The van der Waals surface area contributed by atoms with Crippen LogP contribution < -0.4 is 4.74 Å². The molecule has 6 heteroatoms. The molecule has 0 amide bonds. The van der Waals surface area contributed by atoms with E-state index < -0.39 is 0 Å². The molecule has 0 aromatic carbocycles. The number of hydrogen-bond acceptors (Lipinski definition) is 5. The van der Waals surface area contributed by atoms with Gasteiger partial charge in [0.2, 0.25) is 0 Å². The van der Waals surface area contributed by atoms with Crippen molar-refractivity contribution in [3.8, 4) is 23.7 Å². The molecule has 0 saturated carbocycles. The minimum absolute atomic E-state index is 0.0881. The van der Waals surface area contributed by atoms with Crippen LogP contribution in [0.15, 0.2) is 24.7 Å². The summed E-state index contributed by atoms with van der Waals surface area (Å²) in [5.74, 6) is 1.13. The normalized spacial score (nSPS) is 9.35. The van der Waals surface area contributed by atoms with Crippen LogP contribution in [0.5, 0.6) is 5.75 Å². The van der Waals surface area contributed by atoms with E-state index in [1.165, 1.54) is 17.1 Å². The molecule has 0 bridgehead atoms. The third-order valence-electron chi connectivity index (χ3n) is 2.18. The van der Waals surface area contributed by atoms with E-state index in [-0.39, 0.29) is 11.4 Å². The first-order valence-electron chi connectivity index (χ1n) is 4.68. The SMILES string of the molecule is COc1ccc(-n2cnc(C#N)c2C#N)nc1. The molecule has 2 rings (SSSR count). The molecular weight excluding hydrogens is 218 g/mol. The molecule has 0 aliphatic rings. The van der Waals surface area contributed by atoms with E-state index >= 15 is 0 Å². The number of aromatic nitrogens is 3.